The van der Waals surface area contributed by atoms with Gasteiger partial charge in [0.05, 0.1) is 5.56 Å². The molecule has 0 fully saturated rings. The van der Waals surface area contributed by atoms with E-state index >= 15 is 0 Å². The van der Waals surface area contributed by atoms with E-state index in [1.165, 1.54) is 33.6 Å². The van der Waals surface area contributed by atoms with E-state index in [0.29, 0.717) is 10.9 Å². The fourth-order valence-electron chi connectivity index (χ4n) is 5.39. The van der Waals surface area contributed by atoms with Crippen LogP contribution in [0.3, 0.4) is 0 Å². The normalized spacial score (nSPS) is 17.3. The van der Waals surface area contributed by atoms with E-state index in [1.54, 1.807) is 0 Å². The van der Waals surface area contributed by atoms with Gasteiger partial charge in [-0.3, -0.25) is 4.79 Å². The molecule has 0 radical (unpaired) electrons. The Morgan fingerprint density at radius 3 is 2.23 bits per heavy atom. The summed E-state index contributed by atoms with van der Waals surface area (Å²) in [6.07, 6.45) is 1.72. The highest BCUT2D eigenvalue weighted by atomic mass is 79.9. The standard InChI is InChI=1S/C31H23BrO2S/c32-24-15-13-20(14-16-24)19-9-11-21(12-10-19)23-17-22-5-1-2-6-25(22)27(18-23)29-30(33)26-7-3-4-8-28(26)35-31(29)34/h1-16,23,27,34H,17-18H2/t23-,27?/m1/s1. The van der Waals surface area contributed by atoms with Crippen molar-refractivity contribution in [3.8, 4) is 16.2 Å². The first-order valence-electron chi connectivity index (χ1n) is 11.8. The van der Waals surface area contributed by atoms with Gasteiger partial charge in [-0.2, -0.15) is 0 Å². The van der Waals surface area contributed by atoms with Crippen LogP contribution in [-0.2, 0) is 6.42 Å². The molecule has 0 spiro atoms. The lowest BCUT2D eigenvalue weighted by Gasteiger charge is -2.32. The van der Waals surface area contributed by atoms with Gasteiger partial charge < -0.3 is 5.11 Å². The lowest BCUT2D eigenvalue weighted by atomic mass is 9.72. The third kappa shape index (κ3) is 4.11. The maximum atomic E-state index is 13.6. The molecule has 0 aliphatic heterocycles. The molecule has 5 aromatic rings. The summed E-state index contributed by atoms with van der Waals surface area (Å²) in [5, 5.41) is 11.8. The number of aromatic hydroxyl groups is 1. The summed E-state index contributed by atoms with van der Waals surface area (Å²) >= 11 is 4.80. The molecule has 2 nitrogen and oxygen atoms in total. The van der Waals surface area contributed by atoms with Crippen LogP contribution in [-0.4, -0.2) is 5.11 Å². The molecule has 35 heavy (non-hydrogen) atoms. The van der Waals surface area contributed by atoms with Crippen LogP contribution < -0.4 is 5.43 Å². The first-order valence-corrected chi connectivity index (χ1v) is 13.4. The van der Waals surface area contributed by atoms with Crippen LogP contribution in [0.2, 0.25) is 0 Å². The summed E-state index contributed by atoms with van der Waals surface area (Å²) in [6.45, 7) is 0. The Balaban J connectivity index is 1.41. The number of fused-ring (bicyclic) bond motifs is 2. The topological polar surface area (TPSA) is 37.3 Å². The average molecular weight is 539 g/mol. The smallest absolute Gasteiger partial charge is 0.195 e. The van der Waals surface area contributed by atoms with Crippen LogP contribution in [0, 0.1) is 0 Å². The molecule has 0 saturated carbocycles. The summed E-state index contributed by atoms with van der Waals surface area (Å²) in [6, 6.07) is 33.1. The van der Waals surface area contributed by atoms with Gasteiger partial charge in [0.2, 0.25) is 0 Å². The maximum absolute atomic E-state index is 13.6. The van der Waals surface area contributed by atoms with E-state index < -0.39 is 0 Å². The van der Waals surface area contributed by atoms with Crippen molar-refractivity contribution in [1.82, 2.24) is 0 Å². The summed E-state index contributed by atoms with van der Waals surface area (Å²) in [7, 11) is 0. The quantitative estimate of drug-likeness (QED) is 0.251. The fourth-order valence-corrected chi connectivity index (χ4v) is 6.62. The zero-order chi connectivity index (χ0) is 23.9. The molecular formula is C31H23BrO2S. The Morgan fingerprint density at radius 1 is 0.800 bits per heavy atom. The summed E-state index contributed by atoms with van der Waals surface area (Å²) in [5.74, 6) is 0.133. The fraction of sp³-hybridized carbons (Fsp3) is 0.129. The molecule has 0 bridgehead atoms. The number of hydrogen-bond donors (Lipinski definition) is 1. The molecule has 1 aliphatic carbocycles. The van der Waals surface area contributed by atoms with Crippen molar-refractivity contribution < 1.29 is 5.11 Å². The van der Waals surface area contributed by atoms with Gasteiger partial charge in [-0.05, 0) is 70.8 Å². The van der Waals surface area contributed by atoms with Crippen LogP contribution >= 0.6 is 27.3 Å². The molecule has 4 heteroatoms. The minimum atomic E-state index is -0.135. The molecule has 0 saturated heterocycles. The van der Waals surface area contributed by atoms with E-state index in [9.17, 15) is 9.90 Å². The third-order valence-corrected chi connectivity index (χ3v) is 8.66. The minimum Gasteiger partial charge on any atom is -0.499 e. The third-order valence-electron chi connectivity index (χ3n) is 7.14. The summed E-state index contributed by atoms with van der Waals surface area (Å²) in [4.78, 5) is 13.6. The van der Waals surface area contributed by atoms with Gasteiger partial charge >= 0.3 is 0 Å². The Bertz CT molecular complexity index is 1590. The van der Waals surface area contributed by atoms with E-state index in [-0.39, 0.29) is 22.3 Å². The van der Waals surface area contributed by atoms with E-state index in [0.717, 1.165) is 27.6 Å². The summed E-state index contributed by atoms with van der Waals surface area (Å²) in [5.41, 5.74) is 6.53. The van der Waals surface area contributed by atoms with Crippen LogP contribution in [0.15, 0.2) is 106 Å². The van der Waals surface area contributed by atoms with Crippen molar-refractivity contribution in [2.24, 2.45) is 0 Å². The van der Waals surface area contributed by atoms with Crippen LogP contribution in [0.5, 0.6) is 5.06 Å². The van der Waals surface area contributed by atoms with Gasteiger partial charge in [-0.15, -0.1) is 0 Å². The second-order valence-corrected chi connectivity index (χ2v) is 11.1. The number of halogens is 1. The van der Waals surface area contributed by atoms with Gasteiger partial charge in [0.25, 0.3) is 0 Å². The molecule has 1 aromatic heterocycles. The Labute approximate surface area is 216 Å². The Kier molecular flexibility index (Phi) is 5.79. The van der Waals surface area contributed by atoms with Crippen LogP contribution in [0.1, 0.15) is 40.5 Å². The van der Waals surface area contributed by atoms with E-state index in [4.69, 9.17) is 0 Å². The van der Waals surface area contributed by atoms with Crippen molar-refractivity contribution >= 4 is 37.4 Å². The average Bonchev–Trinajstić information content (AvgIpc) is 2.89. The molecule has 172 valence electrons. The molecular weight excluding hydrogens is 516 g/mol. The number of rotatable bonds is 3. The zero-order valence-corrected chi connectivity index (χ0v) is 21.4. The molecule has 1 aliphatic rings. The number of benzene rings is 4. The second kappa shape index (κ2) is 9.10. The monoisotopic (exact) mass is 538 g/mol. The van der Waals surface area contributed by atoms with Crippen molar-refractivity contribution in [1.29, 1.82) is 0 Å². The van der Waals surface area contributed by atoms with Gasteiger partial charge in [0.15, 0.2) is 10.5 Å². The SMILES string of the molecule is O=c1c(C2C[C@H](c3ccc(-c4ccc(Br)cc4)cc3)Cc3ccccc32)c(O)sc2ccccc12. The van der Waals surface area contributed by atoms with Gasteiger partial charge in [-0.25, -0.2) is 0 Å². The first kappa shape index (κ1) is 22.3. The van der Waals surface area contributed by atoms with Crippen molar-refractivity contribution in [2.75, 3.05) is 0 Å². The van der Waals surface area contributed by atoms with E-state index in [1.807, 2.05) is 30.3 Å². The van der Waals surface area contributed by atoms with Gasteiger partial charge in [-0.1, -0.05) is 100 Å². The van der Waals surface area contributed by atoms with Crippen molar-refractivity contribution in [3.05, 3.63) is 134 Å². The highest BCUT2D eigenvalue weighted by Gasteiger charge is 2.32. The molecule has 2 atom stereocenters. The Hall–Kier alpha value is -3.21. The van der Waals surface area contributed by atoms with Crippen molar-refractivity contribution in [3.63, 3.8) is 0 Å². The lowest BCUT2D eigenvalue weighted by molar-refractivity contribution is 0.465. The second-order valence-electron chi connectivity index (χ2n) is 9.16. The van der Waals surface area contributed by atoms with Crippen LogP contribution in [0.25, 0.3) is 21.2 Å². The van der Waals surface area contributed by atoms with E-state index in [2.05, 4.69) is 82.7 Å². The predicted molar refractivity (Wildman–Crippen MR) is 149 cm³/mol. The van der Waals surface area contributed by atoms with Crippen LogP contribution in [0.4, 0.5) is 0 Å². The maximum Gasteiger partial charge on any atom is 0.195 e. The lowest BCUT2D eigenvalue weighted by Crippen LogP contribution is -2.23. The highest BCUT2D eigenvalue weighted by Crippen LogP contribution is 2.46. The largest absolute Gasteiger partial charge is 0.499 e. The molecule has 1 unspecified atom stereocenters. The van der Waals surface area contributed by atoms with Gasteiger partial charge in [0.1, 0.15) is 0 Å². The Morgan fingerprint density at radius 2 is 1.46 bits per heavy atom. The molecule has 0 amide bonds. The number of hydrogen-bond acceptors (Lipinski definition) is 3. The molecule has 1 heterocycles. The first-order chi connectivity index (χ1) is 17.1. The van der Waals surface area contributed by atoms with Crippen molar-refractivity contribution in [2.45, 2.75) is 24.7 Å². The molecule has 4 aromatic carbocycles. The zero-order valence-electron chi connectivity index (χ0n) is 18.9. The summed E-state index contributed by atoms with van der Waals surface area (Å²) < 4.78 is 1.89. The molecule has 1 N–H and O–H groups in total. The minimum absolute atomic E-state index is 0.0529. The van der Waals surface area contributed by atoms with Gasteiger partial charge in [0, 0.05) is 20.5 Å². The molecule has 6 rings (SSSR count). The highest BCUT2D eigenvalue weighted by molar-refractivity contribution is 9.10. The predicted octanol–water partition coefficient (Wildman–Crippen LogP) is 8.26.